The highest BCUT2D eigenvalue weighted by molar-refractivity contribution is 7.81. The van der Waals surface area contributed by atoms with Gasteiger partial charge in [0.05, 0.1) is 6.54 Å². The minimum absolute atomic E-state index is 0.194. The molecule has 22 heavy (non-hydrogen) atoms. The Bertz CT molecular complexity index is 649. The third kappa shape index (κ3) is 2.13. The summed E-state index contributed by atoms with van der Waals surface area (Å²) in [6, 6.07) is 7.86. The molecule has 1 heterocycles. The van der Waals surface area contributed by atoms with Crippen molar-refractivity contribution >= 4 is 12.6 Å². The molecule has 118 valence electrons. The Morgan fingerprint density at radius 3 is 2.41 bits per heavy atom. The van der Waals surface area contributed by atoms with E-state index in [0.717, 1.165) is 0 Å². The molecule has 8 heteroatoms. The molecule has 3 atom stereocenters. The average molecular weight is 329 g/mol. The van der Waals surface area contributed by atoms with Crippen molar-refractivity contribution in [3.8, 4) is 0 Å². The molecule has 1 aromatic carbocycles. The summed E-state index contributed by atoms with van der Waals surface area (Å²) in [5.41, 5.74) is -4.26. The Balaban J connectivity index is 2.12. The Morgan fingerprint density at radius 2 is 1.95 bits per heavy atom. The van der Waals surface area contributed by atoms with Gasteiger partial charge in [-0.05, 0) is 12.0 Å². The molecule has 0 bridgehead atoms. The van der Waals surface area contributed by atoms with Gasteiger partial charge in [0.25, 0.3) is 0 Å². The van der Waals surface area contributed by atoms with Crippen molar-refractivity contribution in [2.75, 3.05) is 0 Å². The van der Waals surface area contributed by atoms with Gasteiger partial charge in [-0.3, -0.25) is 0 Å². The molecule has 0 saturated heterocycles. The van der Waals surface area contributed by atoms with Gasteiger partial charge in [0.15, 0.2) is 0 Å². The van der Waals surface area contributed by atoms with Crippen molar-refractivity contribution in [3.63, 3.8) is 0 Å². The predicted octanol–water partition coefficient (Wildman–Crippen LogP) is 2.42. The second kappa shape index (κ2) is 4.99. The number of hydrogen-bond donors (Lipinski definition) is 2. The molecule has 0 amide bonds. The number of benzene rings is 1. The molecule has 0 spiro atoms. The minimum Gasteiger partial charge on any atom is -0.382 e. The summed E-state index contributed by atoms with van der Waals surface area (Å²) in [6.45, 7) is -0.340. The van der Waals surface area contributed by atoms with Crippen LogP contribution in [0.5, 0.6) is 0 Å². The number of nitrogens with zero attached hydrogens (tertiary/aromatic N) is 3. The summed E-state index contributed by atoms with van der Waals surface area (Å²) in [4.78, 5) is 3.72. The molecule has 0 aliphatic heterocycles. The van der Waals surface area contributed by atoms with E-state index in [1.165, 1.54) is 29.5 Å². The van der Waals surface area contributed by atoms with Gasteiger partial charge in [-0.25, -0.2) is 9.67 Å². The lowest BCUT2D eigenvalue weighted by atomic mass is 9.77. The van der Waals surface area contributed by atoms with Gasteiger partial charge in [0, 0.05) is 5.25 Å². The first-order chi connectivity index (χ1) is 10.3. The fourth-order valence-electron chi connectivity index (χ4n) is 2.98. The highest BCUT2D eigenvalue weighted by Gasteiger charge is 2.79. The number of rotatable bonds is 4. The van der Waals surface area contributed by atoms with Crippen molar-refractivity contribution in [2.24, 2.45) is 5.41 Å². The number of aliphatic hydroxyl groups is 1. The van der Waals surface area contributed by atoms with Gasteiger partial charge in [-0.2, -0.15) is 30.9 Å². The van der Waals surface area contributed by atoms with Gasteiger partial charge in [0.2, 0.25) is 0 Å². The number of halogens is 3. The van der Waals surface area contributed by atoms with Crippen LogP contribution in [-0.2, 0) is 12.1 Å². The first kappa shape index (κ1) is 15.4. The largest absolute Gasteiger partial charge is 0.398 e. The molecule has 3 rings (SSSR count). The summed E-state index contributed by atoms with van der Waals surface area (Å²) in [7, 11) is 0. The maximum Gasteiger partial charge on any atom is 0.398 e. The van der Waals surface area contributed by atoms with E-state index >= 15 is 0 Å². The fraction of sp³-hybridized carbons (Fsp3) is 0.429. The Kier molecular flexibility index (Phi) is 3.48. The SMILES string of the molecule is OC(Cn1cncn1)(c1ccccc1)C1(C(F)(F)F)CC1S. The second-order valence-electron chi connectivity index (χ2n) is 5.51. The van der Waals surface area contributed by atoms with E-state index in [1.54, 1.807) is 18.2 Å². The van der Waals surface area contributed by atoms with E-state index in [9.17, 15) is 18.3 Å². The van der Waals surface area contributed by atoms with Crippen LogP contribution in [0.25, 0.3) is 0 Å². The molecule has 4 nitrogen and oxygen atoms in total. The van der Waals surface area contributed by atoms with Crippen LogP contribution in [-0.4, -0.2) is 31.3 Å². The Hall–Kier alpha value is -1.54. The molecule has 1 N–H and O–H groups in total. The van der Waals surface area contributed by atoms with Crippen molar-refractivity contribution in [1.29, 1.82) is 0 Å². The van der Waals surface area contributed by atoms with E-state index in [0.29, 0.717) is 0 Å². The minimum atomic E-state index is -4.58. The zero-order valence-corrected chi connectivity index (χ0v) is 12.3. The maximum atomic E-state index is 13.7. The predicted molar refractivity (Wildman–Crippen MR) is 76.2 cm³/mol. The number of alkyl halides is 3. The summed E-state index contributed by atoms with van der Waals surface area (Å²) in [6.07, 6.45) is -2.31. The molecule has 2 aromatic rings. The van der Waals surface area contributed by atoms with Crippen LogP contribution in [0.3, 0.4) is 0 Å². The zero-order valence-electron chi connectivity index (χ0n) is 11.4. The molecule has 1 aromatic heterocycles. The molecular weight excluding hydrogens is 315 g/mol. The number of thiol groups is 1. The molecule has 1 saturated carbocycles. The van der Waals surface area contributed by atoms with Crippen molar-refractivity contribution < 1.29 is 18.3 Å². The smallest absolute Gasteiger partial charge is 0.382 e. The summed E-state index contributed by atoms with van der Waals surface area (Å²) in [5.74, 6) is 0. The van der Waals surface area contributed by atoms with Gasteiger partial charge >= 0.3 is 6.18 Å². The Labute approximate surface area is 130 Å². The third-order valence-electron chi connectivity index (χ3n) is 4.28. The molecule has 1 aliphatic carbocycles. The molecule has 1 fully saturated rings. The lowest BCUT2D eigenvalue weighted by Gasteiger charge is -2.38. The quantitative estimate of drug-likeness (QED) is 0.847. The van der Waals surface area contributed by atoms with Crippen molar-refractivity contribution in [3.05, 3.63) is 48.5 Å². The van der Waals surface area contributed by atoms with Crippen LogP contribution in [0.4, 0.5) is 13.2 Å². The monoisotopic (exact) mass is 329 g/mol. The number of aromatic nitrogens is 3. The average Bonchev–Trinajstić information content (AvgIpc) is 2.94. The van der Waals surface area contributed by atoms with E-state index in [-0.39, 0.29) is 18.5 Å². The van der Waals surface area contributed by atoms with Crippen LogP contribution < -0.4 is 0 Å². The number of hydrogen-bond acceptors (Lipinski definition) is 4. The highest BCUT2D eigenvalue weighted by Crippen LogP contribution is 2.69. The zero-order chi connectivity index (χ0) is 16.0. The van der Waals surface area contributed by atoms with Gasteiger partial charge in [0.1, 0.15) is 23.7 Å². The van der Waals surface area contributed by atoms with Gasteiger partial charge in [-0.15, -0.1) is 0 Å². The highest BCUT2D eigenvalue weighted by atomic mass is 32.1. The first-order valence-corrected chi connectivity index (χ1v) is 7.18. The lowest BCUT2D eigenvalue weighted by molar-refractivity contribution is -0.249. The van der Waals surface area contributed by atoms with Crippen LogP contribution in [0.1, 0.15) is 12.0 Å². The fourth-order valence-corrected chi connectivity index (χ4v) is 3.63. The maximum absolute atomic E-state index is 13.7. The van der Waals surface area contributed by atoms with Crippen LogP contribution in [0, 0.1) is 5.41 Å². The lowest BCUT2D eigenvalue weighted by Crippen LogP contribution is -2.50. The summed E-state index contributed by atoms with van der Waals surface area (Å²) in [5, 5.41) is 14.0. The van der Waals surface area contributed by atoms with Gasteiger partial charge in [-0.1, -0.05) is 30.3 Å². The summed E-state index contributed by atoms with van der Waals surface area (Å²) >= 11 is 4.02. The normalized spacial score (nSPS) is 27.4. The van der Waals surface area contributed by atoms with Crippen LogP contribution >= 0.6 is 12.6 Å². The van der Waals surface area contributed by atoms with Gasteiger partial charge < -0.3 is 5.11 Å². The van der Waals surface area contributed by atoms with Crippen molar-refractivity contribution in [2.45, 2.75) is 30.0 Å². The summed E-state index contributed by atoms with van der Waals surface area (Å²) < 4.78 is 42.3. The van der Waals surface area contributed by atoms with E-state index in [4.69, 9.17) is 0 Å². The van der Waals surface area contributed by atoms with Crippen molar-refractivity contribution in [1.82, 2.24) is 14.8 Å². The third-order valence-corrected chi connectivity index (χ3v) is 4.90. The Morgan fingerprint density at radius 1 is 1.32 bits per heavy atom. The van der Waals surface area contributed by atoms with E-state index in [1.807, 2.05) is 0 Å². The van der Waals surface area contributed by atoms with Crippen LogP contribution in [0.15, 0.2) is 43.0 Å². The van der Waals surface area contributed by atoms with E-state index in [2.05, 4.69) is 22.7 Å². The van der Waals surface area contributed by atoms with E-state index < -0.39 is 22.4 Å². The topological polar surface area (TPSA) is 50.9 Å². The van der Waals surface area contributed by atoms with Crippen LogP contribution in [0.2, 0.25) is 0 Å². The standard InChI is InChI=1S/C14H14F3N3OS/c15-14(16,17)12(6-11(12)22)13(21,7-20-9-18-8-19-20)10-4-2-1-3-5-10/h1-5,8-9,11,21-22H,6-7H2. The molecule has 0 radical (unpaired) electrons. The molecule has 1 aliphatic rings. The second-order valence-corrected chi connectivity index (χ2v) is 6.13. The first-order valence-electron chi connectivity index (χ1n) is 6.66. The molecular formula is C14H14F3N3OS. The molecule has 3 unspecified atom stereocenters.